The number of nitrogens with one attached hydrogen (secondary N) is 2. The lowest BCUT2D eigenvalue weighted by molar-refractivity contribution is 0.613. The Bertz CT molecular complexity index is 960. The molecule has 6 heteroatoms. The van der Waals surface area contributed by atoms with E-state index in [2.05, 4.69) is 34.9 Å². The molecule has 3 aromatic rings. The molecule has 1 atom stereocenters. The van der Waals surface area contributed by atoms with Crippen LogP contribution in [-0.2, 0) is 6.54 Å². The molecular formula is C22H24N6. The van der Waals surface area contributed by atoms with Gasteiger partial charge in [0, 0.05) is 24.7 Å². The zero-order valence-corrected chi connectivity index (χ0v) is 15.7. The fraction of sp³-hybridized carbons (Fsp3) is 0.273. The van der Waals surface area contributed by atoms with Crippen LogP contribution in [0.4, 0.5) is 5.82 Å². The maximum atomic E-state index is 9.06. The fourth-order valence-corrected chi connectivity index (χ4v) is 3.50. The molecule has 4 rings (SSSR count). The van der Waals surface area contributed by atoms with Crippen molar-refractivity contribution in [3.05, 3.63) is 65.7 Å². The number of nitriles is 1. The molecule has 2 aromatic carbocycles. The number of hydrogen-bond acceptors (Lipinski definition) is 5. The van der Waals surface area contributed by atoms with Crippen LogP contribution < -0.4 is 16.4 Å². The summed E-state index contributed by atoms with van der Waals surface area (Å²) in [6.45, 7) is 3.57. The summed E-state index contributed by atoms with van der Waals surface area (Å²) in [6.07, 6.45) is 1.19. The van der Waals surface area contributed by atoms with Gasteiger partial charge < -0.3 is 16.4 Å². The van der Waals surface area contributed by atoms with Crippen molar-refractivity contribution < 1.29 is 0 Å². The van der Waals surface area contributed by atoms with Crippen molar-refractivity contribution in [1.82, 2.24) is 15.1 Å². The van der Waals surface area contributed by atoms with E-state index in [1.54, 1.807) is 0 Å². The van der Waals surface area contributed by atoms with E-state index in [9.17, 15) is 0 Å². The molecule has 1 aliphatic heterocycles. The van der Waals surface area contributed by atoms with E-state index in [-0.39, 0.29) is 0 Å². The second kappa shape index (κ2) is 8.26. The second-order valence-electron chi connectivity index (χ2n) is 7.13. The Balaban J connectivity index is 1.67. The molecule has 28 heavy (non-hydrogen) atoms. The molecule has 1 fully saturated rings. The highest BCUT2D eigenvalue weighted by Crippen LogP contribution is 2.27. The third kappa shape index (κ3) is 3.91. The molecule has 1 aliphatic rings. The van der Waals surface area contributed by atoms with Crippen molar-refractivity contribution in [2.45, 2.75) is 13.0 Å². The Morgan fingerprint density at radius 3 is 2.61 bits per heavy atom. The van der Waals surface area contributed by atoms with Gasteiger partial charge in [0.05, 0.1) is 23.0 Å². The van der Waals surface area contributed by atoms with Gasteiger partial charge in [0.25, 0.3) is 0 Å². The first-order chi connectivity index (χ1) is 13.8. The van der Waals surface area contributed by atoms with Crippen LogP contribution in [0.1, 0.15) is 17.5 Å². The summed E-state index contributed by atoms with van der Waals surface area (Å²) < 4.78 is 1.92. The van der Waals surface area contributed by atoms with Crippen LogP contribution in [0.3, 0.4) is 0 Å². The minimum atomic E-state index is 0.525. The van der Waals surface area contributed by atoms with Crippen LogP contribution in [0.25, 0.3) is 16.9 Å². The molecule has 1 aromatic heterocycles. The molecule has 0 amide bonds. The Morgan fingerprint density at radius 1 is 1.18 bits per heavy atom. The van der Waals surface area contributed by atoms with Gasteiger partial charge in [-0.1, -0.05) is 24.3 Å². The zero-order chi connectivity index (χ0) is 19.3. The molecule has 2 heterocycles. The average molecular weight is 372 g/mol. The molecule has 142 valence electrons. The topological polar surface area (TPSA) is 91.7 Å². The van der Waals surface area contributed by atoms with Crippen molar-refractivity contribution in [1.29, 1.82) is 5.26 Å². The van der Waals surface area contributed by atoms with E-state index in [1.807, 2.05) is 41.1 Å². The van der Waals surface area contributed by atoms with E-state index in [4.69, 9.17) is 16.1 Å². The number of rotatable bonds is 6. The van der Waals surface area contributed by atoms with Crippen molar-refractivity contribution in [2.24, 2.45) is 11.7 Å². The van der Waals surface area contributed by atoms with Crippen LogP contribution >= 0.6 is 0 Å². The normalized spacial score (nSPS) is 16.1. The minimum Gasteiger partial charge on any atom is -0.368 e. The standard InChI is InChI=1S/C22H24N6/c23-12-16-1-5-19(6-2-16)21-11-22(26-15-18-9-10-25-14-18)27-28(21)20-7-3-17(13-24)4-8-20/h1-8,11,18,25H,9-10,12,14-15,23H2,(H,26,27). The van der Waals surface area contributed by atoms with Gasteiger partial charge in [-0.25, -0.2) is 4.68 Å². The van der Waals surface area contributed by atoms with Gasteiger partial charge in [0.15, 0.2) is 0 Å². The number of nitrogens with two attached hydrogens (primary N) is 1. The van der Waals surface area contributed by atoms with Gasteiger partial charge in [-0.15, -0.1) is 5.10 Å². The van der Waals surface area contributed by atoms with Crippen molar-refractivity contribution in [2.75, 3.05) is 25.0 Å². The summed E-state index contributed by atoms with van der Waals surface area (Å²) >= 11 is 0. The highest BCUT2D eigenvalue weighted by atomic mass is 15.3. The molecule has 0 radical (unpaired) electrons. The number of aromatic nitrogens is 2. The van der Waals surface area contributed by atoms with E-state index in [0.29, 0.717) is 18.0 Å². The third-order valence-electron chi connectivity index (χ3n) is 5.17. The quantitative estimate of drug-likeness (QED) is 0.619. The molecule has 6 nitrogen and oxygen atoms in total. The lowest BCUT2D eigenvalue weighted by Crippen LogP contribution is -2.17. The first kappa shape index (κ1) is 18.2. The molecule has 0 aliphatic carbocycles. The molecule has 0 saturated carbocycles. The molecule has 1 saturated heterocycles. The molecule has 0 spiro atoms. The van der Waals surface area contributed by atoms with Crippen LogP contribution in [0.15, 0.2) is 54.6 Å². The van der Waals surface area contributed by atoms with Gasteiger partial charge in [-0.3, -0.25) is 0 Å². The van der Waals surface area contributed by atoms with Crippen LogP contribution in [0.5, 0.6) is 0 Å². The van der Waals surface area contributed by atoms with Crippen molar-refractivity contribution >= 4 is 5.82 Å². The Kier molecular flexibility index (Phi) is 5.38. The van der Waals surface area contributed by atoms with Crippen molar-refractivity contribution in [3.8, 4) is 23.0 Å². The third-order valence-corrected chi connectivity index (χ3v) is 5.17. The Morgan fingerprint density at radius 2 is 1.96 bits per heavy atom. The predicted molar refractivity (Wildman–Crippen MR) is 111 cm³/mol. The zero-order valence-electron chi connectivity index (χ0n) is 15.7. The van der Waals surface area contributed by atoms with E-state index >= 15 is 0 Å². The van der Waals surface area contributed by atoms with Gasteiger partial charge in [-0.05, 0) is 55.3 Å². The van der Waals surface area contributed by atoms with Crippen LogP contribution in [0.2, 0.25) is 0 Å². The summed E-state index contributed by atoms with van der Waals surface area (Å²) in [5, 5.41) is 20.7. The van der Waals surface area contributed by atoms with Crippen LogP contribution in [-0.4, -0.2) is 29.4 Å². The summed E-state index contributed by atoms with van der Waals surface area (Å²) in [6, 6.07) is 20.0. The smallest absolute Gasteiger partial charge is 0.149 e. The van der Waals surface area contributed by atoms with Gasteiger partial charge in [-0.2, -0.15) is 5.26 Å². The second-order valence-corrected chi connectivity index (χ2v) is 7.13. The van der Waals surface area contributed by atoms with E-state index in [0.717, 1.165) is 48.0 Å². The maximum Gasteiger partial charge on any atom is 0.149 e. The highest BCUT2D eigenvalue weighted by molar-refractivity contribution is 5.66. The maximum absolute atomic E-state index is 9.06. The molecular weight excluding hydrogens is 348 g/mol. The summed E-state index contributed by atoms with van der Waals surface area (Å²) in [5.41, 5.74) is 10.5. The number of benzene rings is 2. The molecule has 1 unspecified atom stereocenters. The summed E-state index contributed by atoms with van der Waals surface area (Å²) in [7, 11) is 0. The number of nitrogens with zero attached hydrogens (tertiary/aromatic N) is 3. The molecule has 4 N–H and O–H groups in total. The summed E-state index contributed by atoms with van der Waals surface area (Å²) in [5.74, 6) is 1.49. The van der Waals surface area contributed by atoms with E-state index in [1.165, 1.54) is 6.42 Å². The van der Waals surface area contributed by atoms with Gasteiger partial charge in [0.2, 0.25) is 0 Å². The lowest BCUT2D eigenvalue weighted by atomic mass is 10.1. The number of hydrogen-bond donors (Lipinski definition) is 3. The predicted octanol–water partition coefficient (Wildman–Crippen LogP) is 2.89. The van der Waals surface area contributed by atoms with Gasteiger partial charge >= 0.3 is 0 Å². The van der Waals surface area contributed by atoms with Crippen molar-refractivity contribution in [3.63, 3.8) is 0 Å². The fourth-order valence-electron chi connectivity index (χ4n) is 3.50. The first-order valence-corrected chi connectivity index (χ1v) is 9.61. The monoisotopic (exact) mass is 372 g/mol. The first-order valence-electron chi connectivity index (χ1n) is 9.61. The SMILES string of the molecule is N#Cc1ccc(-n2nc(NCC3CCNC3)cc2-c2ccc(CN)cc2)cc1. The largest absolute Gasteiger partial charge is 0.368 e. The Hall–Kier alpha value is -3.14. The van der Waals surface area contributed by atoms with E-state index < -0.39 is 0 Å². The molecule has 0 bridgehead atoms. The van der Waals surface area contributed by atoms with Gasteiger partial charge in [0.1, 0.15) is 5.82 Å². The van der Waals surface area contributed by atoms with Crippen LogP contribution in [0, 0.1) is 17.2 Å². The highest BCUT2D eigenvalue weighted by Gasteiger charge is 2.16. The summed E-state index contributed by atoms with van der Waals surface area (Å²) in [4.78, 5) is 0. The minimum absolute atomic E-state index is 0.525. The number of anilines is 1. The average Bonchev–Trinajstić information content (AvgIpc) is 3.42. The Labute approximate surface area is 165 Å². The lowest BCUT2D eigenvalue weighted by Gasteiger charge is -2.09.